The van der Waals surface area contributed by atoms with Crippen LogP contribution in [0.2, 0.25) is 0 Å². The molecule has 3 rings (SSSR count). The molecule has 1 aliphatic rings. The number of phenolic OH excluding ortho intramolecular Hbond substituents is 2. The molecule has 0 saturated carbocycles. The van der Waals surface area contributed by atoms with Crippen LogP contribution in [0, 0.1) is 5.92 Å². The fourth-order valence-electron chi connectivity index (χ4n) is 3.83. The Labute approximate surface area is 183 Å². The molecule has 2 aromatic carbocycles. The van der Waals surface area contributed by atoms with Crippen LogP contribution < -0.4 is 9.47 Å². The minimum absolute atomic E-state index is 0.0400. The largest absolute Gasteiger partial charge is 0.508 e. The van der Waals surface area contributed by atoms with E-state index in [4.69, 9.17) is 9.47 Å². The van der Waals surface area contributed by atoms with E-state index in [0.29, 0.717) is 29.0 Å². The molecule has 0 fully saturated rings. The normalized spacial score (nSPS) is 16.1. The second-order valence-electron chi connectivity index (χ2n) is 8.37. The number of methoxy groups -OCH3 is 1. The van der Waals surface area contributed by atoms with Crippen LogP contribution in [0.3, 0.4) is 0 Å². The summed E-state index contributed by atoms with van der Waals surface area (Å²) in [6.45, 7) is 10.2. The second-order valence-corrected chi connectivity index (χ2v) is 8.37. The van der Waals surface area contributed by atoms with Crippen molar-refractivity contribution in [1.82, 2.24) is 0 Å². The second kappa shape index (κ2) is 9.29. The van der Waals surface area contributed by atoms with Gasteiger partial charge in [0.15, 0.2) is 5.78 Å². The molecule has 164 valence electrons. The Morgan fingerprint density at radius 2 is 1.94 bits per heavy atom. The van der Waals surface area contributed by atoms with E-state index in [2.05, 4.69) is 12.7 Å². The Hall–Kier alpha value is -3.21. The number of Topliss-reactive ketones (excluding diaryl/α,β-unsaturated/α-hetero) is 1. The van der Waals surface area contributed by atoms with E-state index in [9.17, 15) is 15.0 Å². The Kier molecular flexibility index (Phi) is 6.74. The van der Waals surface area contributed by atoms with Gasteiger partial charge in [-0.15, -0.1) is 0 Å². The summed E-state index contributed by atoms with van der Waals surface area (Å²) in [6.07, 6.45) is 3.07. The molecule has 31 heavy (non-hydrogen) atoms. The van der Waals surface area contributed by atoms with Gasteiger partial charge in [0.1, 0.15) is 34.7 Å². The van der Waals surface area contributed by atoms with Crippen LogP contribution >= 0.6 is 0 Å². The number of fused-ring (bicyclic) bond motifs is 1. The highest BCUT2D eigenvalue weighted by Gasteiger charge is 2.34. The number of allylic oxidation sites excluding steroid dienone is 3. The molecule has 0 spiro atoms. The molecule has 1 heterocycles. The molecule has 1 aliphatic heterocycles. The molecule has 0 unspecified atom stereocenters. The van der Waals surface area contributed by atoms with Crippen LogP contribution in [0.4, 0.5) is 0 Å². The van der Waals surface area contributed by atoms with Gasteiger partial charge in [-0.3, -0.25) is 4.79 Å². The summed E-state index contributed by atoms with van der Waals surface area (Å²) in [6, 6.07) is 8.11. The molecular formula is C26H30O5. The van der Waals surface area contributed by atoms with Gasteiger partial charge in [0.25, 0.3) is 0 Å². The van der Waals surface area contributed by atoms with Crippen molar-refractivity contribution >= 4 is 5.78 Å². The number of ketones is 1. The molecule has 2 N–H and O–H groups in total. The maximum absolute atomic E-state index is 13.1. The molecule has 0 saturated heterocycles. The topological polar surface area (TPSA) is 76.0 Å². The zero-order chi connectivity index (χ0) is 22.7. The predicted molar refractivity (Wildman–Crippen MR) is 121 cm³/mol. The third kappa shape index (κ3) is 4.93. The van der Waals surface area contributed by atoms with Gasteiger partial charge >= 0.3 is 0 Å². The van der Waals surface area contributed by atoms with Crippen LogP contribution in [-0.2, 0) is 6.42 Å². The van der Waals surface area contributed by atoms with E-state index in [1.165, 1.54) is 18.7 Å². The Morgan fingerprint density at radius 1 is 1.26 bits per heavy atom. The number of benzene rings is 2. The summed E-state index contributed by atoms with van der Waals surface area (Å²) in [4.78, 5) is 13.1. The predicted octanol–water partition coefficient (Wildman–Crippen LogP) is 5.90. The first-order valence-corrected chi connectivity index (χ1v) is 10.4. The number of aromatic hydroxyl groups is 2. The fraction of sp³-hybridized carbons (Fsp3) is 0.346. The number of rotatable bonds is 7. The van der Waals surface area contributed by atoms with Crippen LogP contribution in [0.1, 0.15) is 61.2 Å². The molecule has 0 radical (unpaired) electrons. The van der Waals surface area contributed by atoms with E-state index >= 15 is 0 Å². The summed E-state index contributed by atoms with van der Waals surface area (Å²) in [5.74, 6) is 0.851. The van der Waals surface area contributed by atoms with Gasteiger partial charge in [-0.1, -0.05) is 35.9 Å². The first-order chi connectivity index (χ1) is 14.7. The summed E-state index contributed by atoms with van der Waals surface area (Å²) in [7, 11) is 1.47. The third-order valence-electron chi connectivity index (χ3n) is 5.68. The summed E-state index contributed by atoms with van der Waals surface area (Å²) < 4.78 is 11.7. The number of ether oxygens (including phenoxy) is 2. The summed E-state index contributed by atoms with van der Waals surface area (Å²) in [5.41, 5.74) is 3.95. The lowest BCUT2D eigenvalue weighted by atomic mass is 9.86. The highest BCUT2D eigenvalue weighted by Crippen LogP contribution is 2.47. The summed E-state index contributed by atoms with van der Waals surface area (Å²) in [5, 5.41) is 20.4. The molecule has 0 aliphatic carbocycles. The third-order valence-corrected chi connectivity index (χ3v) is 5.68. The number of carbonyl (C=O) groups excluding carboxylic acids is 1. The van der Waals surface area contributed by atoms with Gasteiger partial charge in [-0.2, -0.15) is 0 Å². The lowest BCUT2D eigenvalue weighted by Crippen LogP contribution is -2.23. The maximum Gasteiger partial charge on any atom is 0.174 e. The minimum atomic E-state index is -0.507. The number of hydrogen-bond donors (Lipinski definition) is 2. The molecule has 5 nitrogen and oxygen atoms in total. The average molecular weight is 423 g/mol. The Morgan fingerprint density at radius 3 is 2.52 bits per heavy atom. The van der Waals surface area contributed by atoms with Crippen molar-refractivity contribution < 1.29 is 24.5 Å². The molecule has 0 amide bonds. The van der Waals surface area contributed by atoms with Crippen LogP contribution in [0.15, 0.2) is 54.1 Å². The lowest BCUT2D eigenvalue weighted by molar-refractivity contribution is 0.0841. The molecule has 0 aromatic heterocycles. The van der Waals surface area contributed by atoms with Gasteiger partial charge in [-0.25, -0.2) is 0 Å². The molecule has 0 bridgehead atoms. The lowest BCUT2D eigenvalue weighted by Gasteiger charge is -2.30. The van der Waals surface area contributed by atoms with Crippen LogP contribution in [0.25, 0.3) is 0 Å². The smallest absolute Gasteiger partial charge is 0.174 e. The van der Waals surface area contributed by atoms with Gasteiger partial charge in [0, 0.05) is 11.6 Å². The monoisotopic (exact) mass is 422 g/mol. The van der Waals surface area contributed by atoms with E-state index < -0.39 is 6.10 Å². The van der Waals surface area contributed by atoms with E-state index in [0.717, 1.165) is 17.6 Å². The summed E-state index contributed by atoms with van der Waals surface area (Å²) >= 11 is 0. The molecular weight excluding hydrogens is 392 g/mol. The highest BCUT2D eigenvalue weighted by atomic mass is 16.5. The molecule has 2 aromatic rings. The minimum Gasteiger partial charge on any atom is -0.508 e. The van der Waals surface area contributed by atoms with E-state index in [1.807, 2.05) is 20.8 Å². The van der Waals surface area contributed by atoms with E-state index in [-0.39, 0.29) is 29.6 Å². The maximum atomic E-state index is 13.1. The van der Waals surface area contributed by atoms with Gasteiger partial charge in [-0.05, 0) is 57.2 Å². The van der Waals surface area contributed by atoms with Gasteiger partial charge in [0.05, 0.1) is 13.5 Å². The first kappa shape index (κ1) is 22.5. The SMILES string of the molecule is C=C(C)[C@H](CC=C(C)C)Cc1c(O)cc(OC)c2c1O[C@H](c1ccc(O)cc1)CC2=O. The zero-order valence-corrected chi connectivity index (χ0v) is 18.6. The van der Waals surface area contributed by atoms with Crippen molar-refractivity contribution in [2.45, 2.75) is 46.1 Å². The Bertz CT molecular complexity index is 1010. The van der Waals surface area contributed by atoms with Crippen molar-refractivity contribution in [2.75, 3.05) is 7.11 Å². The number of hydrogen-bond acceptors (Lipinski definition) is 5. The number of carbonyl (C=O) groups is 1. The van der Waals surface area contributed by atoms with Crippen molar-refractivity contribution in [1.29, 1.82) is 0 Å². The van der Waals surface area contributed by atoms with Crippen molar-refractivity contribution in [3.63, 3.8) is 0 Å². The van der Waals surface area contributed by atoms with E-state index in [1.54, 1.807) is 24.3 Å². The van der Waals surface area contributed by atoms with Gasteiger partial charge in [0.2, 0.25) is 0 Å². The van der Waals surface area contributed by atoms with Gasteiger partial charge < -0.3 is 19.7 Å². The van der Waals surface area contributed by atoms with Crippen molar-refractivity contribution in [2.24, 2.45) is 5.92 Å². The molecule has 2 atom stereocenters. The van der Waals surface area contributed by atoms with Crippen molar-refractivity contribution in [3.05, 3.63) is 70.8 Å². The Balaban J connectivity index is 2.06. The number of phenols is 2. The standard InChI is InChI=1S/C26H30O5/c1-15(2)6-7-18(16(3)4)12-20-21(28)13-24(30-5)25-22(29)14-23(31-26(20)25)17-8-10-19(27)11-9-17/h6,8-11,13,18,23,27-28H,3,7,12,14H2,1-2,4-5H3/t18-,23+/m1/s1. The van der Waals surface area contributed by atoms with Crippen molar-refractivity contribution in [3.8, 4) is 23.0 Å². The fourth-order valence-corrected chi connectivity index (χ4v) is 3.83. The zero-order valence-electron chi connectivity index (χ0n) is 18.6. The average Bonchev–Trinajstić information content (AvgIpc) is 2.71. The first-order valence-electron chi connectivity index (χ1n) is 10.4. The molecule has 5 heteroatoms. The van der Waals surface area contributed by atoms with Crippen LogP contribution in [-0.4, -0.2) is 23.1 Å². The highest BCUT2D eigenvalue weighted by molar-refractivity contribution is 6.03. The quantitative estimate of drug-likeness (QED) is 0.543. The van der Waals surface area contributed by atoms with Crippen LogP contribution in [0.5, 0.6) is 23.0 Å².